The number of hydrogen-bond acceptors (Lipinski definition) is 5. The van der Waals surface area contributed by atoms with E-state index in [1.54, 1.807) is 11.8 Å². The van der Waals surface area contributed by atoms with Crippen molar-refractivity contribution in [1.82, 2.24) is 4.72 Å². The van der Waals surface area contributed by atoms with Crippen LogP contribution in [0.4, 0.5) is 10.1 Å². The van der Waals surface area contributed by atoms with Gasteiger partial charge in [-0.1, -0.05) is 6.42 Å². The summed E-state index contributed by atoms with van der Waals surface area (Å²) in [5.41, 5.74) is 5.59. The van der Waals surface area contributed by atoms with Crippen LogP contribution in [0, 0.1) is 5.82 Å². The molecule has 0 heterocycles. The molecule has 0 radical (unpaired) electrons. The molecule has 1 fully saturated rings. The zero-order valence-corrected chi connectivity index (χ0v) is 13.6. The highest BCUT2D eigenvalue weighted by atomic mass is 32.2. The number of thioether (sulfide) groups is 1. The first-order valence-electron chi connectivity index (χ1n) is 6.57. The molecule has 2 unspecified atom stereocenters. The van der Waals surface area contributed by atoms with Gasteiger partial charge in [0.1, 0.15) is 0 Å². The molecule has 1 saturated carbocycles. The first-order valence-corrected chi connectivity index (χ1v) is 9.34. The van der Waals surface area contributed by atoms with E-state index in [4.69, 9.17) is 10.5 Å². The molecule has 5 nitrogen and oxygen atoms in total. The van der Waals surface area contributed by atoms with Crippen LogP contribution in [0.3, 0.4) is 0 Å². The molecular formula is C13H19FN2O3S2. The van der Waals surface area contributed by atoms with Crippen LogP contribution < -0.4 is 15.2 Å². The van der Waals surface area contributed by atoms with Gasteiger partial charge in [-0.3, -0.25) is 0 Å². The van der Waals surface area contributed by atoms with Crippen molar-refractivity contribution in [3.8, 4) is 5.75 Å². The molecule has 0 aromatic heterocycles. The van der Waals surface area contributed by atoms with Gasteiger partial charge in [0.25, 0.3) is 0 Å². The minimum atomic E-state index is -3.80. The predicted octanol–water partition coefficient (Wildman–Crippen LogP) is 1.98. The van der Waals surface area contributed by atoms with Gasteiger partial charge in [0, 0.05) is 11.3 Å². The van der Waals surface area contributed by atoms with Gasteiger partial charge in [0.2, 0.25) is 10.0 Å². The van der Waals surface area contributed by atoms with Gasteiger partial charge in [-0.2, -0.15) is 11.8 Å². The highest BCUT2D eigenvalue weighted by Crippen LogP contribution is 2.31. The van der Waals surface area contributed by atoms with Gasteiger partial charge < -0.3 is 10.5 Å². The fourth-order valence-corrected chi connectivity index (χ4v) is 4.95. The Balaban J connectivity index is 2.28. The van der Waals surface area contributed by atoms with Crippen LogP contribution >= 0.6 is 11.8 Å². The number of benzene rings is 1. The van der Waals surface area contributed by atoms with E-state index >= 15 is 0 Å². The fourth-order valence-electron chi connectivity index (χ4n) is 2.57. The van der Waals surface area contributed by atoms with E-state index in [0.29, 0.717) is 0 Å². The van der Waals surface area contributed by atoms with Crippen molar-refractivity contribution in [2.24, 2.45) is 0 Å². The number of anilines is 1. The summed E-state index contributed by atoms with van der Waals surface area (Å²) in [5.74, 6) is -0.928. The Morgan fingerprint density at radius 3 is 2.71 bits per heavy atom. The lowest BCUT2D eigenvalue weighted by atomic mass is 10.3. The second kappa shape index (κ2) is 6.41. The molecule has 0 aliphatic heterocycles. The van der Waals surface area contributed by atoms with E-state index in [1.165, 1.54) is 13.2 Å². The summed E-state index contributed by atoms with van der Waals surface area (Å²) in [5, 5.41) is 0.250. The number of nitrogen functional groups attached to an aromatic ring is 1. The summed E-state index contributed by atoms with van der Waals surface area (Å²) in [4.78, 5) is -0.176. The number of nitrogens with two attached hydrogens (primary N) is 1. The van der Waals surface area contributed by atoms with E-state index in [2.05, 4.69) is 4.72 Å². The third-order valence-corrected chi connectivity index (χ3v) is 6.26. The molecule has 1 aromatic rings. The zero-order chi connectivity index (χ0) is 15.6. The van der Waals surface area contributed by atoms with Crippen LogP contribution in [0.1, 0.15) is 19.3 Å². The molecule has 21 heavy (non-hydrogen) atoms. The smallest absolute Gasteiger partial charge is 0.241 e. The summed E-state index contributed by atoms with van der Waals surface area (Å²) in [6.07, 6.45) is 4.71. The Morgan fingerprint density at radius 2 is 2.14 bits per heavy atom. The molecule has 8 heteroatoms. The van der Waals surface area contributed by atoms with E-state index in [9.17, 15) is 12.8 Å². The Morgan fingerprint density at radius 1 is 1.43 bits per heavy atom. The van der Waals surface area contributed by atoms with E-state index in [1.807, 2.05) is 6.26 Å². The Labute approximate surface area is 128 Å². The van der Waals surface area contributed by atoms with Crippen molar-refractivity contribution in [1.29, 1.82) is 0 Å². The maximum Gasteiger partial charge on any atom is 0.241 e. The van der Waals surface area contributed by atoms with E-state index in [-0.39, 0.29) is 27.6 Å². The topological polar surface area (TPSA) is 81.4 Å². The van der Waals surface area contributed by atoms with Crippen LogP contribution in [-0.2, 0) is 10.0 Å². The highest BCUT2D eigenvalue weighted by molar-refractivity contribution is 7.99. The van der Waals surface area contributed by atoms with E-state index < -0.39 is 15.8 Å². The number of hydrogen-bond donors (Lipinski definition) is 2. The first kappa shape index (κ1) is 16.4. The molecular weight excluding hydrogens is 315 g/mol. The Kier molecular flexibility index (Phi) is 5.00. The van der Waals surface area contributed by atoms with Crippen molar-refractivity contribution < 1.29 is 17.5 Å². The Hall–Kier alpha value is -0.990. The second-order valence-corrected chi connectivity index (χ2v) is 7.75. The summed E-state index contributed by atoms with van der Waals surface area (Å²) >= 11 is 1.64. The van der Waals surface area contributed by atoms with Crippen LogP contribution in [-0.4, -0.2) is 33.1 Å². The normalized spacial score (nSPS) is 22.4. The number of sulfonamides is 1. The van der Waals surface area contributed by atoms with Crippen molar-refractivity contribution in [2.45, 2.75) is 35.4 Å². The molecule has 3 N–H and O–H groups in total. The lowest BCUT2D eigenvalue weighted by Gasteiger charge is -2.19. The molecule has 1 aliphatic carbocycles. The third kappa shape index (κ3) is 3.44. The van der Waals surface area contributed by atoms with E-state index in [0.717, 1.165) is 25.3 Å². The molecule has 1 aliphatic rings. The summed E-state index contributed by atoms with van der Waals surface area (Å²) in [6, 6.07) is 2.02. The molecule has 0 amide bonds. The quantitative estimate of drug-likeness (QED) is 0.805. The number of ether oxygens (including phenoxy) is 1. The van der Waals surface area contributed by atoms with Gasteiger partial charge in [-0.25, -0.2) is 17.5 Å². The SMILES string of the molecule is COc1c(N)cc(S(=O)(=O)NC2CCCC2SC)cc1F. The maximum atomic E-state index is 13.8. The summed E-state index contributed by atoms with van der Waals surface area (Å²) < 4.78 is 46.0. The van der Waals surface area contributed by atoms with Gasteiger partial charge in [0.05, 0.1) is 17.7 Å². The van der Waals surface area contributed by atoms with Crippen molar-refractivity contribution >= 4 is 27.5 Å². The van der Waals surface area contributed by atoms with Crippen molar-refractivity contribution in [3.63, 3.8) is 0 Å². The Bertz CT molecular complexity index is 599. The molecule has 0 bridgehead atoms. The van der Waals surface area contributed by atoms with Gasteiger partial charge >= 0.3 is 0 Å². The minimum absolute atomic E-state index is 0.0364. The van der Waals surface area contributed by atoms with Crippen LogP contribution in [0.25, 0.3) is 0 Å². The van der Waals surface area contributed by atoms with Gasteiger partial charge in [0.15, 0.2) is 11.6 Å². The average molecular weight is 334 g/mol. The molecule has 0 spiro atoms. The standard InChI is InChI=1S/C13H19FN2O3S2/c1-19-13-9(14)6-8(7-10(13)15)21(17,18)16-11-4-3-5-12(11)20-2/h6-7,11-12,16H,3-5,15H2,1-2H3. The predicted molar refractivity (Wildman–Crippen MR) is 82.6 cm³/mol. The molecule has 0 saturated heterocycles. The zero-order valence-electron chi connectivity index (χ0n) is 11.9. The number of rotatable bonds is 5. The molecule has 2 atom stereocenters. The summed E-state index contributed by atoms with van der Waals surface area (Å²) in [7, 11) is -2.52. The van der Waals surface area contributed by atoms with Crippen LogP contribution in [0.15, 0.2) is 17.0 Å². The second-order valence-electron chi connectivity index (χ2n) is 4.96. The monoisotopic (exact) mass is 334 g/mol. The lowest BCUT2D eigenvalue weighted by molar-refractivity contribution is 0.388. The third-order valence-electron chi connectivity index (χ3n) is 3.62. The summed E-state index contributed by atoms with van der Waals surface area (Å²) in [6.45, 7) is 0. The largest absolute Gasteiger partial charge is 0.492 e. The minimum Gasteiger partial charge on any atom is -0.492 e. The highest BCUT2D eigenvalue weighted by Gasteiger charge is 2.31. The number of methoxy groups -OCH3 is 1. The van der Waals surface area contributed by atoms with Crippen molar-refractivity contribution in [3.05, 3.63) is 17.9 Å². The van der Waals surface area contributed by atoms with Gasteiger partial charge in [-0.05, 0) is 31.2 Å². The van der Waals surface area contributed by atoms with Gasteiger partial charge in [-0.15, -0.1) is 0 Å². The van der Waals surface area contributed by atoms with Crippen molar-refractivity contribution in [2.75, 3.05) is 19.1 Å². The first-order chi connectivity index (χ1) is 9.89. The lowest BCUT2D eigenvalue weighted by Crippen LogP contribution is -2.38. The van der Waals surface area contributed by atoms with Crippen LogP contribution in [0.5, 0.6) is 5.75 Å². The molecule has 2 rings (SSSR count). The number of halogens is 1. The average Bonchev–Trinajstić information content (AvgIpc) is 2.84. The molecule has 118 valence electrons. The fraction of sp³-hybridized carbons (Fsp3) is 0.538. The molecule has 1 aromatic carbocycles. The number of nitrogens with one attached hydrogen (secondary N) is 1. The maximum absolute atomic E-state index is 13.8. The van der Waals surface area contributed by atoms with Crippen LogP contribution in [0.2, 0.25) is 0 Å².